The lowest BCUT2D eigenvalue weighted by atomic mass is 10.1. The average Bonchev–Trinajstić information content (AvgIpc) is 2.56. The van der Waals surface area contributed by atoms with Crippen molar-refractivity contribution in [2.45, 2.75) is 12.7 Å². The van der Waals surface area contributed by atoms with Crippen LogP contribution in [0.5, 0.6) is 5.88 Å². The van der Waals surface area contributed by atoms with Gasteiger partial charge in [-0.05, 0) is 17.7 Å². The minimum absolute atomic E-state index is 0.178. The first kappa shape index (κ1) is 19.0. The van der Waals surface area contributed by atoms with Crippen LogP contribution in [0.2, 0.25) is 0 Å². The molecule has 9 heteroatoms. The Labute approximate surface area is 144 Å². The summed E-state index contributed by atoms with van der Waals surface area (Å²) in [6, 6.07) is 4.55. The van der Waals surface area contributed by atoms with Crippen LogP contribution in [-0.2, 0) is 12.7 Å². The molecule has 136 valence electrons. The first-order valence-electron chi connectivity index (χ1n) is 7.22. The monoisotopic (exact) mass is 366 g/mol. The van der Waals surface area contributed by atoms with Gasteiger partial charge in [-0.25, -0.2) is 4.79 Å². The minimum atomic E-state index is -4.62. The summed E-state index contributed by atoms with van der Waals surface area (Å²) in [4.78, 5) is 37.5. The average molecular weight is 366 g/mol. The maximum atomic E-state index is 12.9. The second-order valence-corrected chi connectivity index (χ2v) is 5.14. The molecule has 1 heterocycles. The second-order valence-electron chi connectivity index (χ2n) is 5.14. The molecule has 26 heavy (non-hydrogen) atoms. The molecule has 2 aromatic rings. The van der Waals surface area contributed by atoms with Crippen LogP contribution in [0.15, 0.2) is 52.6 Å². The van der Waals surface area contributed by atoms with Crippen molar-refractivity contribution in [1.29, 1.82) is 0 Å². The van der Waals surface area contributed by atoms with Crippen molar-refractivity contribution in [3.8, 4) is 5.88 Å². The van der Waals surface area contributed by atoms with Crippen LogP contribution in [0.4, 0.5) is 13.2 Å². The Morgan fingerprint density at radius 3 is 2.54 bits per heavy atom. The summed E-state index contributed by atoms with van der Waals surface area (Å²) in [7, 11) is 0. The molecule has 1 aromatic heterocycles. The number of halogens is 3. The number of aromatic nitrogens is 2. The van der Waals surface area contributed by atoms with Gasteiger partial charge in [-0.1, -0.05) is 30.4 Å². The molecule has 0 spiro atoms. The summed E-state index contributed by atoms with van der Waals surface area (Å²) in [5.74, 6) is -1.95. The molecule has 0 radical (unpaired) electrons. The fraction of sp³-hybridized carbons (Fsp3) is 0.118. The molecule has 0 atom stereocenters. The summed E-state index contributed by atoms with van der Waals surface area (Å²) < 4.78 is 39.5. The highest BCUT2D eigenvalue weighted by Crippen LogP contribution is 2.32. The van der Waals surface area contributed by atoms with Gasteiger partial charge in [-0.15, -0.1) is 6.58 Å². The van der Waals surface area contributed by atoms with Crippen molar-refractivity contribution in [1.82, 2.24) is 9.55 Å². The van der Waals surface area contributed by atoms with Crippen LogP contribution in [0.25, 0.3) is 6.08 Å². The molecule has 0 fully saturated rings. The van der Waals surface area contributed by atoms with Crippen LogP contribution in [-0.4, -0.2) is 20.4 Å². The Kier molecular flexibility index (Phi) is 5.30. The topological polar surface area (TPSA) is 92.2 Å². The zero-order chi connectivity index (χ0) is 19.5. The lowest BCUT2D eigenvalue weighted by molar-refractivity contribution is -0.137. The van der Waals surface area contributed by atoms with E-state index in [0.29, 0.717) is 4.57 Å². The number of rotatable bonds is 5. The highest BCUT2D eigenvalue weighted by atomic mass is 19.4. The summed E-state index contributed by atoms with van der Waals surface area (Å²) in [5, 5.41) is 9.99. The zero-order valence-corrected chi connectivity index (χ0v) is 13.2. The number of nitrogens with zero attached hydrogens (tertiary/aromatic N) is 1. The number of aromatic hydroxyl groups is 1. The van der Waals surface area contributed by atoms with E-state index >= 15 is 0 Å². The van der Waals surface area contributed by atoms with Gasteiger partial charge in [0.25, 0.3) is 5.56 Å². The van der Waals surface area contributed by atoms with Gasteiger partial charge in [0.1, 0.15) is 5.56 Å². The first-order chi connectivity index (χ1) is 12.2. The van der Waals surface area contributed by atoms with E-state index in [1.807, 2.05) is 4.98 Å². The highest BCUT2D eigenvalue weighted by molar-refractivity contribution is 6.08. The van der Waals surface area contributed by atoms with Gasteiger partial charge in [0.15, 0.2) is 5.78 Å². The normalized spacial score (nSPS) is 11.7. The number of nitrogens with one attached hydrogen (secondary N) is 1. The van der Waals surface area contributed by atoms with Gasteiger partial charge in [0.05, 0.1) is 5.56 Å². The number of benzene rings is 1. The number of alkyl halides is 3. The molecule has 0 saturated carbocycles. The summed E-state index contributed by atoms with van der Waals surface area (Å²) >= 11 is 0. The van der Waals surface area contributed by atoms with Gasteiger partial charge in [0.2, 0.25) is 5.88 Å². The van der Waals surface area contributed by atoms with Crippen LogP contribution in [0, 0.1) is 0 Å². The van der Waals surface area contributed by atoms with E-state index in [1.165, 1.54) is 18.2 Å². The molecule has 0 aliphatic rings. The Morgan fingerprint density at radius 2 is 1.92 bits per heavy atom. The SMILES string of the molecule is C=CCn1c(O)c(C(=O)/C=C/c2ccccc2C(F)(F)F)c(=O)[nH]c1=O. The Bertz CT molecular complexity index is 1000. The Balaban J connectivity index is 2.48. The van der Waals surface area contributed by atoms with E-state index in [2.05, 4.69) is 6.58 Å². The molecular formula is C17H13F3N2O4. The van der Waals surface area contributed by atoms with Gasteiger partial charge < -0.3 is 5.11 Å². The lowest BCUT2D eigenvalue weighted by Crippen LogP contribution is -2.33. The molecule has 0 saturated heterocycles. The van der Waals surface area contributed by atoms with Crippen LogP contribution in [0.3, 0.4) is 0 Å². The Morgan fingerprint density at radius 1 is 1.27 bits per heavy atom. The number of allylic oxidation sites excluding steroid dienone is 2. The molecule has 0 unspecified atom stereocenters. The van der Waals surface area contributed by atoms with Crippen molar-refractivity contribution < 1.29 is 23.1 Å². The van der Waals surface area contributed by atoms with E-state index in [9.17, 15) is 32.7 Å². The van der Waals surface area contributed by atoms with Crippen LogP contribution >= 0.6 is 0 Å². The maximum Gasteiger partial charge on any atom is 0.416 e. The molecule has 2 rings (SSSR count). The molecule has 0 bridgehead atoms. The third-order valence-electron chi connectivity index (χ3n) is 3.41. The van der Waals surface area contributed by atoms with Crippen LogP contribution in [0.1, 0.15) is 21.5 Å². The predicted molar refractivity (Wildman–Crippen MR) is 88.0 cm³/mol. The molecular weight excluding hydrogens is 353 g/mol. The van der Waals surface area contributed by atoms with Crippen molar-refractivity contribution in [3.63, 3.8) is 0 Å². The summed E-state index contributed by atoms with van der Waals surface area (Å²) in [6.07, 6.45) is -1.77. The number of ketones is 1. The zero-order valence-electron chi connectivity index (χ0n) is 13.2. The van der Waals surface area contributed by atoms with Crippen molar-refractivity contribution in [3.05, 3.63) is 80.5 Å². The van der Waals surface area contributed by atoms with Crippen LogP contribution < -0.4 is 11.2 Å². The van der Waals surface area contributed by atoms with Crippen molar-refractivity contribution >= 4 is 11.9 Å². The fourth-order valence-corrected chi connectivity index (χ4v) is 2.23. The molecule has 6 nitrogen and oxygen atoms in total. The highest BCUT2D eigenvalue weighted by Gasteiger charge is 2.32. The largest absolute Gasteiger partial charge is 0.494 e. The number of hydrogen-bond acceptors (Lipinski definition) is 4. The molecule has 1 aromatic carbocycles. The number of H-pyrrole nitrogens is 1. The summed E-state index contributed by atoms with van der Waals surface area (Å²) in [6.45, 7) is 3.20. The quantitative estimate of drug-likeness (QED) is 0.483. The number of carbonyl (C=O) groups excluding carboxylic acids is 1. The van der Waals surface area contributed by atoms with Gasteiger partial charge in [0, 0.05) is 6.54 Å². The van der Waals surface area contributed by atoms with Crippen molar-refractivity contribution in [2.24, 2.45) is 0 Å². The maximum absolute atomic E-state index is 12.9. The van der Waals surface area contributed by atoms with Gasteiger partial charge >= 0.3 is 11.9 Å². The smallest absolute Gasteiger partial charge is 0.416 e. The van der Waals surface area contributed by atoms with Crippen molar-refractivity contribution in [2.75, 3.05) is 0 Å². The predicted octanol–water partition coefficient (Wildman–Crippen LogP) is 2.34. The van der Waals surface area contributed by atoms with Gasteiger partial charge in [-0.2, -0.15) is 13.2 Å². The van der Waals surface area contributed by atoms with Gasteiger partial charge in [-0.3, -0.25) is 19.1 Å². The third-order valence-corrected chi connectivity index (χ3v) is 3.41. The standard InChI is InChI=1S/C17H13F3N2O4/c1-2-9-22-15(25)13(14(24)21-16(22)26)12(23)8-7-10-5-3-4-6-11(10)17(18,19)20/h2-8,25H,1,9H2,(H,21,24,26)/b8-7+. The van der Waals surface area contributed by atoms with E-state index in [-0.39, 0.29) is 12.1 Å². The second kappa shape index (κ2) is 7.26. The summed E-state index contributed by atoms with van der Waals surface area (Å²) in [5.41, 5.74) is -4.10. The molecule has 0 aliphatic heterocycles. The van der Waals surface area contributed by atoms with E-state index in [4.69, 9.17) is 0 Å². The Hall–Kier alpha value is -3.36. The first-order valence-corrected chi connectivity index (χ1v) is 7.22. The third kappa shape index (κ3) is 3.82. The van der Waals surface area contributed by atoms with E-state index < -0.39 is 40.2 Å². The molecule has 0 amide bonds. The number of hydrogen-bond donors (Lipinski definition) is 2. The number of carbonyl (C=O) groups is 1. The van der Waals surface area contributed by atoms with E-state index in [1.54, 1.807) is 0 Å². The fourth-order valence-electron chi connectivity index (χ4n) is 2.23. The molecule has 0 aliphatic carbocycles. The number of aromatic amines is 1. The molecule has 2 N–H and O–H groups in total. The lowest BCUT2D eigenvalue weighted by Gasteiger charge is -2.10. The van der Waals surface area contributed by atoms with E-state index in [0.717, 1.165) is 24.3 Å². The minimum Gasteiger partial charge on any atom is -0.494 e.